The second kappa shape index (κ2) is 37.8. The van der Waals surface area contributed by atoms with E-state index in [9.17, 15) is 4.79 Å². The van der Waals surface area contributed by atoms with Crippen LogP contribution in [0.15, 0.2) is 48.6 Å². The molecule has 0 bridgehead atoms. The predicted molar refractivity (Wildman–Crippen MR) is 206 cm³/mol. The van der Waals surface area contributed by atoms with E-state index >= 15 is 0 Å². The van der Waals surface area contributed by atoms with Crippen LogP contribution in [-0.2, 0) is 9.53 Å². The van der Waals surface area contributed by atoms with Crippen molar-refractivity contribution in [1.82, 2.24) is 5.32 Å². The molecule has 0 fully saturated rings. The number of hydrogen-bond acceptors (Lipinski definition) is 3. The molecule has 0 aliphatic heterocycles. The minimum Gasteiger partial charge on any atom is -0.462 e. The highest BCUT2D eigenvalue weighted by Gasteiger charge is 2.14. The number of nitrogens with one attached hydrogen (secondary N) is 1. The highest BCUT2D eigenvalue weighted by atomic mass is 16.5. The zero-order valence-electron chi connectivity index (χ0n) is 31.4. The molecule has 0 heterocycles. The van der Waals surface area contributed by atoms with Crippen LogP contribution in [0.2, 0.25) is 0 Å². The topological polar surface area (TPSA) is 38.3 Å². The standard InChI is InChI=1S/C43H79NO2/c1-5-7-8-9-10-11-12-13-14-15-16-20-23-26-29-32-37-42(46-43(45)39-34-40-44-4)38-33-30-27-24-21-18-17-19-22-25-28-31-36-41(3)35-6-2/h10-11,13-14,19,22,28,31,41-42,44H,5-9,12,15-18,20-21,23-27,29-30,32-40H2,1-4H3/b11-10-,14-13-,22-19-,31-28-. The van der Waals surface area contributed by atoms with Crippen LogP contribution < -0.4 is 5.32 Å². The lowest BCUT2D eigenvalue weighted by Crippen LogP contribution is -2.19. The van der Waals surface area contributed by atoms with Crippen LogP contribution in [0.3, 0.4) is 0 Å². The lowest BCUT2D eigenvalue weighted by molar-refractivity contribution is -0.150. The molecule has 3 nitrogen and oxygen atoms in total. The van der Waals surface area contributed by atoms with Crippen LogP contribution in [0.1, 0.15) is 194 Å². The Morgan fingerprint density at radius 1 is 0.565 bits per heavy atom. The van der Waals surface area contributed by atoms with E-state index in [1.165, 1.54) is 135 Å². The Hall–Kier alpha value is -1.61. The SMILES string of the molecule is CCCCC/C=C\C/C=C\CCCCCCCCC(CCCCCCCC/C=C\C/C=C\CC(C)CCC)OC(=O)CCCNC. The zero-order valence-corrected chi connectivity index (χ0v) is 31.4. The van der Waals surface area contributed by atoms with Crippen LogP contribution in [-0.4, -0.2) is 25.7 Å². The van der Waals surface area contributed by atoms with E-state index in [-0.39, 0.29) is 12.1 Å². The predicted octanol–water partition coefficient (Wildman–Crippen LogP) is 13.6. The third-order valence-electron chi connectivity index (χ3n) is 8.90. The first-order chi connectivity index (χ1) is 22.6. The van der Waals surface area contributed by atoms with Crippen molar-refractivity contribution in [3.05, 3.63) is 48.6 Å². The van der Waals surface area contributed by atoms with Crippen molar-refractivity contribution < 1.29 is 9.53 Å². The summed E-state index contributed by atoms with van der Waals surface area (Å²) in [6.45, 7) is 7.75. The lowest BCUT2D eigenvalue weighted by Gasteiger charge is -2.18. The molecule has 268 valence electrons. The molecular weight excluding hydrogens is 562 g/mol. The third-order valence-corrected chi connectivity index (χ3v) is 8.90. The molecule has 3 heteroatoms. The van der Waals surface area contributed by atoms with E-state index in [4.69, 9.17) is 4.74 Å². The van der Waals surface area contributed by atoms with Gasteiger partial charge in [0.05, 0.1) is 0 Å². The van der Waals surface area contributed by atoms with Gasteiger partial charge < -0.3 is 10.1 Å². The van der Waals surface area contributed by atoms with Gasteiger partial charge in [-0.2, -0.15) is 0 Å². The van der Waals surface area contributed by atoms with Gasteiger partial charge in [-0.15, -0.1) is 0 Å². The number of rotatable bonds is 35. The fraction of sp³-hybridized carbons (Fsp3) is 0.791. The minimum atomic E-state index is -0.00474. The third kappa shape index (κ3) is 35.2. The molecule has 0 rings (SSSR count). The first-order valence-electron chi connectivity index (χ1n) is 20.1. The van der Waals surface area contributed by atoms with E-state index in [0.717, 1.165) is 44.6 Å². The largest absolute Gasteiger partial charge is 0.462 e. The van der Waals surface area contributed by atoms with Gasteiger partial charge in [0, 0.05) is 6.42 Å². The Balaban J connectivity index is 3.97. The molecule has 2 atom stereocenters. The minimum absolute atomic E-state index is 0.00474. The summed E-state index contributed by atoms with van der Waals surface area (Å²) in [5.41, 5.74) is 0. The number of carbonyl (C=O) groups excluding carboxylic acids is 1. The van der Waals surface area contributed by atoms with Crippen molar-refractivity contribution in [2.45, 2.75) is 200 Å². The molecule has 0 aromatic carbocycles. The van der Waals surface area contributed by atoms with Crippen molar-refractivity contribution in [3.63, 3.8) is 0 Å². The van der Waals surface area contributed by atoms with Crippen LogP contribution >= 0.6 is 0 Å². The molecule has 0 aromatic heterocycles. The molecule has 0 saturated carbocycles. The van der Waals surface area contributed by atoms with Crippen LogP contribution in [0.4, 0.5) is 0 Å². The van der Waals surface area contributed by atoms with Crippen molar-refractivity contribution in [2.75, 3.05) is 13.6 Å². The summed E-state index contributed by atoms with van der Waals surface area (Å²) >= 11 is 0. The van der Waals surface area contributed by atoms with Crippen molar-refractivity contribution in [2.24, 2.45) is 5.92 Å². The van der Waals surface area contributed by atoms with E-state index < -0.39 is 0 Å². The maximum Gasteiger partial charge on any atom is 0.306 e. The Morgan fingerprint density at radius 3 is 1.54 bits per heavy atom. The maximum absolute atomic E-state index is 12.4. The highest BCUT2D eigenvalue weighted by Crippen LogP contribution is 2.18. The Labute approximate surface area is 288 Å². The summed E-state index contributed by atoms with van der Waals surface area (Å²) in [6, 6.07) is 0. The van der Waals surface area contributed by atoms with Gasteiger partial charge in [-0.3, -0.25) is 4.79 Å². The summed E-state index contributed by atoms with van der Waals surface area (Å²) in [4.78, 5) is 12.4. The molecule has 0 amide bonds. The number of esters is 1. The van der Waals surface area contributed by atoms with E-state index in [0.29, 0.717) is 6.42 Å². The van der Waals surface area contributed by atoms with Gasteiger partial charge in [0.15, 0.2) is 0 Å². The smallest absolute Gasteiger partial charge is 0.306 e. The maximum atomic E-state index is 12.4. The van der Waals surface area contributed by atoms with Gasteiger partial charge >= 0.3 is 5.97 Å². The average Bonchev–Trinajstić information content (AvgIpc) is 3.04. The molecule has 46 heavy (non-hydrogen) atoms. The molecule has 0 aliphatic rings. The highest BCUT2D eigenvalue weighted by molar-refractivity contribution is 5.69. The summed E-state index contributed by atoms with van der Waals surface area (Å²) < 4.78 is 5.96. The second-order valence-corrected chi connectivity index (χ2v) is 13.7. The molecule has 2 unspecified atom stereocenters. The first kappa shape index (κ1) is 44.4. The Kier molecular flexibility index (Phi) is 36.5. The number of hydrogen-bond donors (Lipinski definition) is 1. The van der Waals surface area contributed by atoms with E-state index in [1.54, 1.807) is 0 Å². The summed E-state index contributed by atoms with van der Waals surface area (Å²) in [5, 5.41) is 3.13. The molecule has 0 saturated heterocycles. The van der Waals surface area contributed by atoms with Crippen LogP contribution in [0.25, 0.3) is 0 Å². The van der Waals surface area contributed by atoms with Gasteiger partial charge in [0.25, 0.3) is 0 Å². The molecule has 0 aliphatic carbocycles. The molecular formula is C43H79NO2. The fourth-order valence-electron chi connectivity index (χ4n) is 5.95. The number of unbranched alkanes of at least 4 members (excludes halogenated alkanes) is 15. The van der Waals surface area contributed by atoms with Crippen molar-refractivity contribution >= 4 is 5.97 Å². The number of carbonyl (C=O) groups is 1. The van der Waals surface area contributed by atoms with Crippen molar-refractivity contribution in [3.8, 4) is 0 Å². The quantitative estimate of drug-likeness (QED) is 0.0425. The summed E-state index contributed by atoms with van der Waals surface area (Å²) in [5.74, 6) is 0.815. The fourth-order valence-corrected chi connectivity index (χ4v) is 5.95. The van der Waals surface area contributed by atoms with Crippen LogP contribution in [0.5, 0.6) is 0 Å². The molecule has 0 spiro atoms. The van der Waals surface area contributed by atoms with E-state index in [2.05, 4.69) is 74.7 Å². The first-order valence-corrected chi connectivity index (χ1v) is 20.1. The summed E-state index contributed by atoms with van der Waals surface area (Å²) in [6.07, 6.45) is 51.3. The Morgan fingerprint density at radius 2 is 1.04 bits per heavy atom. The monoisotopic (exact) mass is 642 g/mol. The normalized spacial score (nSPS) is 13.6. The second-order valence-electron chi connectivity index (χ2n) is 13.7. The van der Waals surface area contributed by atoms with Gasteiger partial charge in [-0.25, -0.2) is 0 Å². The molecule has 0 radical (unpaired) electrons. The van der Waals surface area contributed by atoms with Gasteiger partial charge in [-0.1, -0.05) is 146 Å². The zero-order chi connectivity index (χ0) is 33.6. The molecule has 1 N–H and O–H groups in total. The lowest BCUT2D eigenvalue weighted by atomic mass is 10.0. The van der Waals surface area contributed by atoms with Gasteiger partial charge in [0.1, 0.15) is 6.10 Å². The Bertz CT molecular complexity index is 737. The number of ether oxygens (including phenoxy) is 1. The van der Waals surface area contributed by atoms with Crippen molar-refractivity contribution in [1.29, 1.82) is 0 Å². The number of allylic oxidation sites excluding steroid dienone is 8. The summed E-state index contributed by atoms with van der Waals surface area (Å²) in [7, 11) is 1.94. The van der Waals surface area contributed by atoms with E-state index in [1.807, 2.05) is 7.05 Å². The van der Waals surface area contributed by atoms with Gasteiger partial charge in [-0.05, 0) is 109 Å². The van der Waals surface area contributed by atoms with Gasteiger partial charge in [0.2, 0.25) is 0 Å². The van der Waals surface area contributed by atoms with Crippen LogP contribution in [0, 0.1) is 5.92 Å². The average molecular weight is 642 g/mol. The molecule has 0 aromatic rings.